The monoisotopic (exact) mass is 463 g/mol. The largest absolute Gasteiger partial charge is 0.493 e. The quantitative estimate of drug-likeness (QED) is 0.504. The fraction of sp³-hybridized carbons (Fsp3) is 0.346. The number of methoxy groups -OCH3 is 2. The zero-order valence-corrected chi connectivity index (χ0v) is 19.7. The van der Waals surface area contributed by atoms with Gasteiger partial charge in [0.15, 0.2) is 11.5 Å². The minimum Gasteiger partial charge on any atom is -0.493 e. The Morgan fingerprint density at radius 2 is 1.65 bits per heavy atom. The lowest BCUT2D eigenvalue weighted by molar-refractivity contribution is 0.0526. The number of amides is 1. The van der Waals surface area contributed by atoms with Gasteiger partial charge in [-0.05, 0) is 62.6 Å². The number of anilines is 2. The standard InChI is InChI=1S/C26H29N3O5/c1-4-34-26(31)17-8-10-18(11-9-17)27-20-15-22(25(30)29-12-6-5-7-13-29)28-21-16-24(33-3)23(32-2)14-19(20)21/h8-11,14-16H,4-7,12-13H2,1-3H3,(H,27,28). The molecule has 1 saturated heterocycles. The number of carbonyl (C=O) groups is 2. The molecule has 2 aromatic carbocycles. The second-order valence-corrected chi connectivity index (χ2v) is 8.06. The molecule has 4 rings (SSSR count). The maximum absolute atomic E-state index is 13.2. The van der Waals surface area contributed by atoms with E-state index >= 15 is 0 Å². The Bertz CT molecular complexity index is 1190. The number of hydrogen-bond acceptors (Lipinski definition) is 7. The van der Waals surface area contributed by atoms with Crippen LogP contribution in [0.15, 0.2) is 42.5 Å². The smallest absolute Gasteiger partial charge is 0.338 e. The first-order valence-electron chi connectivity index (χ1n) is 11.4. The van der Waals surface area contributed by atoms with E-state index in [2.05, 4.69) is 10.3 Å². The van der Waals surface area contributed by atoms with E-state index in [-0.39, 0.29) is 11.9 Å². The molecule has 178 valence electrons. The average molecular weight is 464 g/mol. The molecule has 1 aliphatic heterocycles. The van der Waals surface area contributed by atoms with Gasteiger partial charge in [0.2, 0.25) is 0 Å². The molecule has 2 heterocycles. The maximum atomic E-state index is 13.2. The van der Waals surface area contributed by atoms with Crippen LogP contribution < -0.4 is 14.8 Å². The van der Waals surface area contributed by atoms with Crippen molar-refractivity contribution in [1.82, 2.24) is 9.88 Å². The summed E-state index contributed by atoms with van der Waals surface area (Å²) >= 11 is 0. The maximum Gasteiger partial charge on any atom is 0.338 e. The number of benzene rings is 2. The fourth-order valence-electron chi connectivity index (χ4n) is 4.08. The van der Waals surface area contributed by atoms with Gasteiger partial charge >= 0.3 is 5.97 Å². The molecule has 0 radical (unpaired) electrons. The second-order valence-electron chi connectivity index (χ2n) is 8.06. The molecule has 1 aromatic heterocycles. The lowest BCUT2D eigenvalue weighted by atomic mass is 10.1. The second kappa shape index (κ2) is 10.4. The Balaban J connectivity index is 1.74. The highest BCUT2D eigenvalue weighted by molar-refractivity contribution is 6.01. The number of likely N-dealkylation sites (tertiary alicyclic amines) is 1. The van der Waals surface area contributed by atoms with Gasteiger partial charge in [0.25, 0.3) is 5.91 Å². The molecule has 1 N–H and O–H groups in total. The molecule has 1 fully saturated rings. The zero-order chi connectivity index (χ0) is 24.1. The van der Waals surface area contributed by atoms with Gasteiger partial charge in [0.05, 0.1) is 37.6 Å². The molecule has 1 amide bonds. The third-order valence-electron chi connectivity index (χ3n) is 5.85. The number of fused-ring (bicyclic) bond motifs is 1. The number of nitrogens with zero attached hydrogens (tertiary/aromatic N) is 2. The van der Waals surface area contributed by atoms with Crippen molar-refractivity contribution in [2.45, 2.75) is 26.2 Å². The number of carbonyl (C=O) groups excluding carboxylic acids is 2. The molecular weight excluding hydrogens is 434 g/mol. The fourth-order valence-corrected chi connectivity index (χ4v) is 4.08. The molecule has 0 unspecified atom stereocenters. The van der Waals surface area contributed by atoms with E-state index in [1.165, 1.54) is 0 Å². The first-order valence-corrected chi connectivity index (χ1v) is 11.4. The Hall–Kier alpha value is -3.81. The minimum atomic E-state index is -0.366. The molecule has 0 saturated carbocycles. The van der Waals surface area contributed by atoms with Crippen LogP contribution in [0, 0.1) is 0 Å². The highest BCUT2D eigenvalue weighted by atomic mass is 16.5. The van der Waals surface area contributed by atoms with E-state index in [9.17, 15) is 9.59 Å². The van der Waals surface area contributed by atoms with Crippen LogP contribution >= 0.6 is 0 Å². The van der Waals surface area contributed by atoms with Crippen molar-refractivity contribution >= 4 is 34.2 Å². The molecule has 0 spiro atoms. The van der Waals surface area contributed by atoms with Crippen molar-refractivity contribution in [2.75, 3.05) is 39.2 Å². The van der Waals surface area contributed by atoms with Gasteiger partial charge in [-0.3, -0.25) is 4.79 Å². The van der Waals surface area contributed by atoms with E-state index in [1.807, 2.05) is 11.0 Å². The lowest BCUT2D eigenvalue weighted by Gasteiger charge is -2.26. The van der Waals surface area contributed by atoms with Crippen LogP contribution in [0.3, 0.4) is 0 Å². The number of rotatable bonds is 7. The van der Waals surface area contributed by atoms with Crippen LogP contribution in [-0.4, -0.2) is 55.7 Å². The highest BCUT2D eigenvalue weighted by Crippen LogP contribution is 2.36. The van der Waals surface area contributed by atoms with Crippen molar-refractivity contribution in [1.29, 1.82) is 0 Å². The number of nitrogens with one attached hydrogen (secondary N) is 1. The summed E-state index contributed by atoms with van der Waals surface area (Å²) in [5.74, 6) is 0.647. The normalized spacial score (nSPS) is 13.4. The topological polar surface area (TPSA) is 90.0 Å². The van der Waals surface area contributed by atoms with Crippen molar-refractivity contribution in [3.63, 3.8) is 0 Å². The number of hydrogen-bond donors (Lipinski definition) is 1. The Kier molecular flexibility index (Phi) is 7.15. The van der Waals surface area contributed by atoms with Gasteiger partial charge in [-0.15, -0.1) is 0 Å². The first-order chi connectivity index (χ1) is 16.5. The van der Waals surface area contributed by atoms with Gasteiger partial charge in [-0.1, -0.05) is 0 Å². The van der Waals surface area contributed by atoms with E-state index < -0.39 is 0 Å². The van der Waals surface area contributed by atoms with Crippen molar-refractivity contribution in [3.05, 3.63) is 53.7 Å². The summed E-state index contributed by atoms with van der Waals surface area (Å²) < 4.78 is 16.0. The van der Waals surface area contributed by atoms with E-state index in [0.717, 1.165) is 43.4 Å². The predicted molar refractivity (Wildman–Crippen MR) is 130 cm³/mol. The number of esters is 1. The van der Waals surface area contributed by atoms with Crippen LogP contribution in [0.1, 0.15) is 47.0 Å². The summed E-state index contributed by atoms with van der Waals surface area (Å²) in [7, 11) is 3.14. The highest BCUT2D eigenvalue weighted by Gasteiger charge is 2.22. The lowest BCUT2D eigenvalue weighted by Crippen LogP contribution is -2.36. The molecular formula is C26H29N3O5. The van der Waals surface area contributed by atoms with Crippen LogP contribution in [-0.2, 0) is 4.74 Å². The van der Waals surface area contributed by atoms with Gasteiger partial charge in [-0.2, -0.15) is 0 Å². The summed E-state index contributed by atoms with van der Waals surface area (Å²) in [4.78, 5) is 31.7. The molecule has 0 aliphatic carbocycles. The summed E-state index contributed by atoms with van der Waals surface area (Å²) in [6, 6.07) is 12.4. The van der Waals surface area contributed by atoms with E-state index in [0.29, 0.717) is 40.6 Å². The van der Waals surface area contributed by atoms with Gasteiger partial charge in [-0.25, -0.2) is 9.78 Å². The van der Waals surface area contributed by atoms with Crippen molar-refractivity contribution in [3.8, 4) is 11.5 Å². The van der Waals surface area contributed by atoms with Crippen molar-refractivity contribution < 1.29 is 23.8 Å². The molecule has 1 aliphatic rings. The number of aromatic nitrogens is 1. The predicted octanol–water partition coefficient (Wildman–Crippen LogP) is 4.80. The summed E-state index contributed by atoms with van der Waals surface area (Å²) in [5, 5.41) is 4.15. The minimum absolute atomic E-state index is 0.0860. The molecule has 8 nitrogen and oxygen atoms in total. The van der Waals surface area contributed by atoms with E-state index in [4.69, 9.17) is 14.2 Å². The van der Waals surface area contributed by atoms with Gasteiger partial charge in [0, 0.05) is 30.2 Å². The van der Waals surface area contributed by atoms with Crippen LogP contribution in [0.2, 0.25) is 0 Å². The zero-order valence-electron chi connectivity index (χ0n) is 19.7. The molecule has 8 heteroatoms. The molecule has 0 bridgehead atoms. The Labute approximate surface area is 198 Å². The van der Waals surface area contributed by atoms with Gasteiger partial charge in [0.1, 0.15) is 5.69 Å². The average Bonchev–Trinajstić information content (AvgIpc) is 2.88. The number of ether oxygens (including phenoxy) is 3. The van der Waals surface area contributed by atoms with E-state index in [1.54, 1.807) is 57.5 Å². The van der Waals surface area contributed by atoms with Crippen molar-refractivity contribution in [2.24, 2.45) is 0 Å². The number of piperidine rings is 1. The summed E-state index contributed by atoms with van der Waals surface area (Å²) in [6.07, 6.45) is 3.14. The Morgan fingerprint density at radius 3 is 2.29 bits per heavy atom. The number of pyridine rings is 1. The summed E-state index contributed by atoms with van der Waals surface area (Å²) in [5.41, 5.74) is 2.92. The molecule has 3 aromatic rings. The van der Waals surface area contributed by atoms with Crippen LogP contribution in [0.25, 0.3) is 10.9 Å². The SMILES string of the molecule is CCOC(=O)c1ccc(Nc2cc(C(=O)N3CCCCC3)nc3cc(OC)c(OC)cc23)cc1. The van der Waals surface area contributed by atoms with Crippen LogP contribution in [0.5, 0.6) is 11.5 Å². The van der Waals surface area contributed by atoms with Gasteiger partial charge < -0.3 is 24.4 Å². The third-order valence-corrected chi connectivity index (χ3v) is 5.85. The first kappa shape index (κ1) is 23.4. The Morgan fingerprint density at radius 1 is 0.971 bits per heavy atom. The summed E-state index contributed by atoms with van der Waals surface area (Å²) in [6.45, 7) is 3.57. The molecule has 34 heavy (non-hydrogen) atoms. The van der Waals surface area contributed by atoms with Crippen LogP contribution in [0.4, 0.5) is 11.4 Å². The third kappa shape index (κ3) is 4.90. The molecule has 0 atom stereocenters.